The van der Waals surface area contributed by atoms with Crippen LogP contribution in [0.1, 0.15) is 53.2 Å². The Morgan fingerprint density at radius 1 is 1.09 bits per heavy atom. The van der Waals surface area contributed by atoms with Crippen molar-refractivity contribution in [3.63, 3.8) is 0 Å². The van der Waals surface area contributed by atoms with Crippen LogP contribution in [0.5, 0.6) is 11.5 Å². The molecule has 1 saturated carbocycles. The molecule has 3 fully saturated rings. The molecule has 16 heteroatoms. The Morgan fingerprint density at radius 2 is 1.74 bits per heavy atom. The van der Waals surface area contributed by atoms with Crippen molar-refractivity contribution in [2.45, 2.75) is 44.1 Å². The van der Waals surface area contributed by atoms with E-state index in [2.05, 4.69) is 22.5 Å². The molecule has 2 aromatic carbocycles. The summed E-state index contributed by atoms with van der Waals surface area (Å²) in [7, 11) is -1.63. The number of phenolic OH excluding ortho intramolecular Hbond substituents is 1. The number of hydrogen-bond acceptors (Lipinski definition) is 9. The number of imide groups is 1. The Balaban J connectivity index is 0.00000101. The fourth-order valence-corrected chi connectivity index (χ4v) is 5.50. The van der Waals surface area contributed by atoms with Crippen molar-refractivity contribution in [2.75, 3.05) is 32.7 Å². The maximum absolute atomic E-state index is 15.0. The molecule has 0 aromatic heterocycles. The van der Waals surface area contributed by atoms with Crippen LogP contribution in [-0.4, -0.2) is 94.6 Å². The number of phenols is 1. The summed E-state index contributed by atoms with van der Waals surface area (Å²) in [4.78, 5) is 52.3. The highest BCUT2D eigenvalue weighted by Crippen LogP contribution is 2.33. The molecule has 3 heterocycles. The number of carbonyl (C=O) groups is 4. The van der Waals surface area contributed by atoms with Crippen molar-refractivity contribution in [1.29, 1.82) is 0 Å². The molecule has 0 radical (unpaired) electrons. The molecule has 6 rings (SSSR count). The number of carboxylic acids is 1. The molecule has 2 unspecified atom stereocenters. The lowest BCUT2D eigenvalue weighted by Gasteiger charge is -2.38. The smallest absolute Gasteiger partial charge is 0.534 e. The van der Waals surface area contributed by atoms with Crippen molar-refractivity contribution in [3.05, 3.63) is 70.9 Å². The molecule has 6 N–H and O–H groups in total. The number of halogens is 2. The van der Waals surface area contributed by atoms with Crippen LogP contribution in [0.15, 0.2) is 42.6 Å². The van der Waals surface area contributed by atoms with Gasteiger partial charge in [0.05, 0.1) is 17.1 Å². The van der Waals surface area contributed by atoms with E-state index in [1.54, 1.807) is 6.07 Å². The zero-order valence-electron chi connectivity index (χ0n) is 25.5. The van der Waals surface area contributed by atoms with Crippen LogP contribution in [0.25, 0.3) is 0 Å². The number of hydrogen-bond donors (Lipinski definition) is 6. The number of aromatic hydroxyl groups is 1. The van der Waals surface area contributed by atoms with E-state index in [0.717, 1.165) is 0 Å². The number of para-hydroxylation sites is 1. The van der Waals surface area contributed by atoms with Gasteiger partial charge in [0.15, 0.2) is 0 Å². The first-order chi connectivity index (χ1) is 22.4. The lowest BCUT2D eigenvalue weighted by molar-refractivity contribution is -0.154. The maximum atomic E-state index is 15.0. The minimum Gasteiger partial charge on any atom is -0.534 e. The third kappa shape index (κ3) is 7.49. The van der Waals surface area contributed by atoms with Crippen LogP contribution in [0, 0.1) is 17.6 Å². The van der Waals surface area contributed by atoms with Crippen molar-refractivity contribution in [2.24, 2.45) is 5.92 Å². The van der Waals surface area contributed by atoms with Gasteiger partial charge in [0, 0.05) is 56.5 Å². The number of urea groups is 1. The quantitative estimate of drug-likeness (QED) is 0.181. The van der Waals surface area contributed by atoms with E-state index in [1.165, 1.54) is 42.7 Å². The average molecular weight is 655 g/mol. The van der Waals surface area contributed by atoms with Gasteiger partial charge >= 0.3 is 30.9 Å². The molecule has 4 aliphatic rings. The highest BCUT2D eigenvalue weighted by molar-refractivity contribution is 6.46. The second kappa shape index (κ2) is 14.4. The summed E-state index contributed by atoms with van der Waals surface area (Å²) in [5.41, 5.74) is -0.732. The molecular formula is C31H36BF2N5O8. The summed E-state index contributed by atoms with van der Waals surface area (Å²) in [6.45, 7) is 5.46. The van der Waals surface area contributed by atoms with E-state index < -0.39 is 65.9 Å². The zero-order valence-corrected chi connectivity index (χ0v) is 25.5. The minimum atomic E-state index is -1.70. The van der Waals surface area contributed by atoms with E-state index in [4.69, 9.17) is 4.65 Å². The fourth-order valence-electron chi connectivity index (χ4n) is 5.50. The molecule has 250 valence electrons. The Labute approximate surface area is 269 Å². The third-order valence-electron chi connectivity index (χ3n) is 8.59. The van der Waals surface area contributed by atoms with Crippen LogP contribution < -0.4 is 20.6 Å². The van der Waals surface area contributed by atoms with E-state index in [-0.39, 0.29) is 42.4 Å². The monoisotopic (exact) mass is 655 g/mol. The summed E-state index contributed by atoms with van der Waals surface area (Å²) >= 11 is 0. The lowest BCUT2D eigenvalue weighted by atomic mass is 9.72. The predicted octanol–water partition coefficient (Wildman–Crippen LogP) is 1.70. The Kier molecular flexibility index (Phi) is 10.3. The molecule has 0 spiro atoms. The van der Waals surface area contributed by atoms with Crippen LogP contribution in [-0.2, 0) is 16.0 Å². The number of benzene rings is 2. The van der Waals surface area contributed by atoms with E-state index >= 15 is 8.78 Å². The van der Waals surface area contributed by atoms with Gasteiger partial charge in [-0.15, -0.1) is 0 Å². The molecule has 0 bridgehead atoms. The van der Waals surface area contributed by atoms with Gasteiger partial charge in [-0.05, 0) is 18.1 Å². The second-order valence-corrected chi connectivity index (χ2v) is 11.9. The van der Waals surface area contributed by atoms with Crippen molar-refractivity contribution in [1.82, 2.24) is 25.8 Å². The lowest BCUT2D eigenvalue weighted by Crippen LogP contribution is -2.61. The average Bonchev–Trinajstić information content (AvgIpc) is 2.95. The van der Waals surface area contributed by atoms with Gasteiger partial charge in [0.2, 0.25) is 0 Å². The molecule has 3 aliphatic heterocycles. The SMILES string of the molecule is C1CCC1.C=C(NC1Cc2cccc(C(=O)O)c2OB1O)C(NC(=O)N1CCN(CC2CNC2)C(=O)C1=O)c1c(F)cc(O)cc1F. The molecule has 13 nitrogen and oxygen atoms in total. The maximum Gasteiger partial charge on any atom is 0.546 e. The first-order valence-corrected chi connectivity index (χ1v) is 15.4. The van der Waals surface area contributed by atoms with Crippen molar-refractivity contribution < 1.29 is 47.9 Å². The van der Waals surface area contributed by atoms with E-state index in [1.807, 2.05) is 0 Å². The standard InChI is InChI=1S/C27H28BF2N5O8.C4H8/c1-13(32-20-7-15-3-2-4-17(26(39)40)23(15)43-28(20)42)22(21-18(29)8-16(36)9-19(21)30)33-27(41)35-6-5-34(24(37)25(35)38)12-14-10-31-11-14;1-2-4-3-1/h2-4,8-9,14,20,22,31-32,36,42H,1,5-7,10-12H2,(H,33,41)(H,39,40);1-4H2. The fraction of sp³-hybridized carbons (Fsp3) is 0.419. The van der Waals surface area contributed by atoms with Crippen LogP contribution >= 0.6 is 0 Å². The van der Waals surface area contributed by atoms with Gasteiger partial charge in [-0.3, -0.25) is 14.5 Å². The second-order valence-electron chi connectivity index (χ2n) is 11.9. The Morgan fingerprint density at radius 3 is 2.32 bits per heavy atom. The predicted molar refractivity (Wildman–Crippen MR) is 164 cm³/mol. The number of nitrogens with zero attached hydrogens (tertiary/aromatic N) is 2. The topological polar surface area (TPSA) is 181 Å². The van der Waals surface area contributed by atoms with E-state index in [9.17, 15) is 34.4 Å². The van der Waals surface area contributed by atoms with Gasteiger partial charge in [-0.25, -0.2) is 18.4 Å². The first-order valence-electron chi connectivity index (χ1n) is 15.4. The van der Waals surface area contributed by atoms with Crippen LogP contribution in [0.4, 0.5) is 13.6 Å². The van der Waals surface area contributed by atoms with Crippen LogP contribution in [0.3, 0.4) is 0 Å². The molecular weight excluding hydrogens is 619 g/mol. The van der Waals surface area contributed by atoms with E-state index in [0.29, 0.717) is 42.2 Å². The number of fused-ring (bicyclic) bond motifs is 1. The molecule has 4 amide bonds. The van der Waals surface area contributed by atoms with Gasteiger partial charge in [0.1, 0.15) is 29.2 Å². The number of rotatable bonds is 8. The zero-order chi connectivity index (χ0) is 33.8. The van der Waals surface area contributed by atoms with Crippen molar-refractivity contribution >= 4 is 30.9 Å². The summed E-state index contributed by atoms with van der Waals surface area (Å²) in [6.07, 6.45) is 6.00. The Bertz CT molecular complexity index is 1540. The number of nitrogens with one attached hydrogen (secondary N) is 3. The molecule has 2 atom stereocenters. The van der Waals surface area contributed by atoms with Gasteiger partial charge in [0.25, 0.3) is 0 Å². The largest absolute Gasteiger partial charge is 0.546 e. The highest BCUT2D eigenvalue weighted by Gasteiger charge is 2.41. The normalized spacial score (nSPS) is 19.6. The molecule has 47 heavy (non-hydrogen) atoms. The molecule has 2 aromatic rings. The third-order valence-corrected chi connectivity index (χ3v) is 8.59. The summed E-state index contributed by atoms with van der Waals surface area (Å²) < 4.78 is 35.5. The number of carboxylic acid groups (broad SMARTS) is 1. The molecule has 2 saturated heterocycles. The van der Waals surface area contributed by atoms with Gasteiger partial charge in [-0.1, -0.05) is 44.4 Å². The van der Waals surface area contributed by atoms with Gasteiger partial charge < -0.3 is 40.7 Å². The molecule has 1 aliphatic carbocycles. The number of amides is 4. The summed E-state index contributed by atoms with van der Waals surface area (Å²) in [5, 5.41) is 37.9. The number of carbonyl (C=O) groups excluding carboxylic acids is 3. The summed E-state index contributed by atoms with van der Waals surface area (Å²) in [6, 6.07) is 2.78. The highest BCUT2D eigenvalue weighted by atomic mass is 19.1. The van der Waals surface area contributed by atoms with Gasteiger partial charge in [-0.2, -0.15) is 0 Å². The first kappa shape index (κ1) is 33.7. The summed E-state index contributed by atoms with van der Waals surface area (Å²) in [5.74, 6) is -7.33. The van der Waals surface area contributed by atoms with Crippen LogP contribution in [0.2, 0.25) is 0 Å². The number of aromatic carboxylic acids is 1. The minimum absolute atomic E-state index is 0.00328. The number of piperazine rings is 1. The van der Waals surface area contributed by atoms with Crippen molar-refractivity contribution in [3.8, 4) is 11.5 Å². The Hall–Kier alpha value is -4.70.